The van der Waals surface area contributed by atoms with E-state index in [1.807, 2.05) is 0 Å². The number of nitrogens with two attached hydrogens (primary N) is 1. The number of nitrogens with one attached hydrogen (secondary N) is 1. The van der Waals surface area contributed by atoms with Crippen LogP contribution in [0.1, 0.15) is 23.5 Å². The zero-order chi connectivity index (χ0) is 32.7. The average molecular weight is 647 g/mol. The van der Waals surface area contributed by atoms with Crippen LogP contribution in [0.15, 0.2) is 73.1 Å². The number of nitrogen functional groups attached to an aromatic ring is 1. The molecule has 4 aromatic rings. The molecule has 2 unspecified atom stereocenters. The Hall–Kier alpha value is -5.09. The van der Waals surface area contributed by atoms with Gasteiger partial charge in [0.1, 0.15) is 23.6 Å². The number of methoxy groups -OCH3 is 1. The van der Waals surface area contributed by atoms with E-state index >= 15 is 0 Å². The minimum absolute atomic E-state index is 0.0671. The number of para-hydroxylation sites is 1. The van der Waals surface area contributed by atoms with Crippen LogP contribution >= 0.6 is 7.52 Å². The molecule has 3 heterocycles. The zero-order valence-corrected chi connectivity index (χ0v) is 24.6. The summed E-state index contributed by atoms with van der Waals surface area (Å²) < 4.78 is 50.6. The lowest BCUT2D eigenvalue weighted by molar-refractivity contribution is -0.138. The number of aromatic nitrogens is 4. The van der Waals surface area contributed by atoms with Gasteiger partial charge in [-0.25, -0.2) is 29.2 Å². The smallest absolute Gasteiger partial charge is 0.342 e. The topological polar surface area (TPSA) is 230 Å². The molecular formula is C27H28FN6O10P. The molecule has 2 aromatic heterocycles. The van der Waals surface area contributed by atoms with E-state index in [9.17, 15) is 23.7 Å². The van der Waals surface area contributed by atoms with E-state index in [2.05, 4.69) is 20.0 Å². The third kappa shape index (κ3) is 8.10. The van der Waals surface area contributed by atoms with Gasteiger partial charge in [0.25, 0.3) is 0 Å². The van der Waals surface area contributed by atoms with Crippen LogP contribution in [0.25, 0.3) is 11.2 Å². The van der Waals surface area contributed by atoms with E-state index in [1.54, 1.807) is 30.3 Å². The fourth-order valence-electron chi connectivity index (χ4n) is 3.85. The number of aromatic hydroxyl groups is 1. The number of aliphatic carboxylic acids is 1. The van der Waals surface area contributed by atoms with Crippen molar-refractivity contribution in [1.29, 1.82) is 0 Å². The molecule has 238 valence electrons. The fraction of sp³-hybridized carbons (Fsp3) is 0.222. The summed E-state index contributed by atoms with van der Waals surface area (Å²) in [5, 5.41) is 29.3. The summed E-state index contributed by atoms with van der Waals surface area (Å²) in [6.45, 7) is 1.31. The number of ether oxygens (including phenoxy) is 3. The molecule has 0 aliphatic carbocycles. The highest BCUT2D eigenvalue weighted by Gasteiger charge is 2.35. The summed E-state index contributed by atoms with van der Waals surface area (Å²) in [5.74, 6) is -2.51. The number of fused-ring (bicyclic) bond motifs is 1. The normalized spacial score (nSPS) is 17.8. The highest BCUT2D eigenvalue weighted by Crippen LogP contribution is 2.45. The van der Waals surface area contributed by atoms with Gasteiger partial charge in [-0.2, -0.15) is 0 Å². The molecule has 1 aliphatic heterocycles. The molecule has 2 aromatic carbocycles. The predicted molar refractivity (Wildman–Crippen MR) is 155 cm³/mol. The first kappa shape index (κ1) is 32.8. The number of rotatable bonds is 11. The van der Waals surface area contributed by atoms with Crippen LogP contribution in [0.5, 0.6) is 17.2 Å². The van der Waals surface area contributed by atoms with Crippen molar-refractivity contribution in [2.45, 2.75) is 25.5 Å². The third-order valence-electron chi connectivity index (χ3n) is 6.03. The van der Waals surface area contributed by atoms with Crippen molar-refractivity contribution in [1.82, 2.24) is 24.6 Å². The van der Waals surface area contributed by atoms with Crippen molar-refractivity contribution in [2.24, 2.45) is 0 Å². The number of phenols is 1. The third-order valence-corrected chi connectivity index (χ3v) is 7.80. The van der Waals surface area contributed by atoms with Crippen LogP contribution < -0.4 is 20.1 Å². The van der Waals surface area contributed by atoms with Crippen LogP contribution in [-0.4, -0.2) is 72.6 Å². The van der Waals surface area contributed by atoms with Gasteiger partial charge in [0.05, 0.1) is 19.0 Å². The number of carbonyl (C=O) groups is 2. The van der Waals surface area contributed by atoms with Crippen LogP contribution in [0, 0.1) is 0 Å². The SMILES string of the molecule is CC(NP(=O)(CO[C@@H]1C=C(F)[C@H](n2cnc3c(N)ncnc32)O1)Oc1ccccc1)C(=O)O.COc1cc(C(=O)O)ccc1O. The Morgan fingerprint density at radius 2 is 1.91 bits per heavy atom. The predicted octanol–water partition coefficient (Wildman–Crippen LogP) is 3.52. The number of benzene rings is 2. The van der Waals surface area contributed by atoms with E-state index in [0.29, 0.717) is 0 Å². The number of aromatic carboxylic acids is 1. The van der Waals surface area contributed by atoms with Crippen molar-refractivity contribution >= 4 is 36.4 Å². The summed E-state index contributed by atoms with van der Waals surface area (Å²) in [4.78, 5) is 33.6. The van der Waals surface area contributed by atoms with Gasteiger partial charge < -0.3 is 39.8 Å². The average Bonchev–Trinajstić information content (AvgIpc) is 3.60. The van der Waals surface area contributed by atoms with Crippen LogP contribution in [-0.2, 0) is 18.8 Å². The maximum atomic E-state index is 14.7. The first-order valence-electron chi connectivity index (χ1n) is 12.9. The Kier molecular flexibility index (Phi) is 10.3. The maximum absolute atomic E-state index is 14.7. The van der Waals surface area contributed by atoms with Crippen molar-refractivity contribution in [3.8, 4) is 17.2 Å². The molecule has 0 fully saturated rings. The van der Waals surface area contributed by atoms with Gasteiger partial charge in [0.2, 0.25) is 0 Å². The number of carboxylic acid groups (broad SMARTS) is 2. The molecule has 18 heteroatoms. The molecule has 0 saturated heterocycles. The van der Waals surface area contributed by atoms with E-state index in [-0.39, 0.29) is 39.8 Å². The van der Waals surface area contributed by atoms with E-state index in [0.717, 1.165) is 6.08 Å². The summed E-state index contributed by atoms with van der Waals surface area (Å²) in [5.41, 5.74) is 6.38. The van der Waals surface area contributed by atoms with E-state index in [1.165, 1.54) is 49.5 Å². The molecule has 4 atom stereocenters. The lowest BCUT2D eigenvalue weighted by atomic mass is 10.2. The number of halogens is 1. The molecule has 0 saturated carbocycles. The largest absolute Gasteiger partial charge is 0.504 e. The van der Waals surface area contributed by atoms with E-state index in [4.69, 9.17) is 34.7 Å². The Morgan fingerprint density at radius 1 is 1.18 bits per heavy atom. The lowest BCUT2D eigenvalue weighted by Crippen LogP contribution is -2.34. The first-order valence-corrected chi connectivity index (χ1v) is 14.7. The van der Waals surface area contributed by atoms with Gasteiger partial charge >= 0.3 is 19.5 Å². The number of nitrogens with zero attached hydrogens (tertiary/aromatic N) is 4. The van der Waals surface area contributed by atoms with Crippen LogP contribution in [0.3, 0.4) is 0 Å². The Labute approximate surface area is 254 Å². The Bertz CT molecular complexity index is 1750. The molecule has 5 rings (SSSR count). The number of anilines is 1. The van der Waals surface area contributed by atoms with Crippen molar-refractivity contribution in [3.05, 3.63) is 78.7 Å². The zero-order valence-electron chi connectivity index (χ0n) is 23.7. The second kappa shape index (κ2) is 14.1. The van der Waals surface area contributed by atoms with E-state index < -0.39 is 50.2 Å². The van der Waals surface area contributed by atoms with Crippen molar-refractivity contribution in [3.63, 3.8) is 0 Å². The van der Waals surface area contributed by atoms with Crippen LogP contribution in [0.4, 0.5) is 10.2 Å². The molecule has 6 N–H and O–H groups in total. The molecule has 0 spiro atoms. The standard InChI is InChI=1S/C19H20FN6O6P.C8H8O4/c1-11(19(27)28)25-33(29,32-12-5-3-2-4-6-12)10-30-14-7-13(20)18(31-14)26-9-24-15-16(21)22-8-23-17(15)26;1-12-7-4-5(8(10)11)2-3-6(7)9/h2-9,11,14,18H,10H2,1H3,(H,25,29)(H,27,28)(H2,21,22,23);2-4,9H,1H3,(H,10,11)/t11?,14-,18+,33?;/m0./s1. The van der Waals surface area contributed by atoms with Gasteiger partial charge in [-0.15, -0.1) is 0 Å². The van der Waals surface area contributed by atoms with Crippen molar-refractivity contribution in [2.75, 3.05) is 19.2 Å². The molecule has 16 nitrogen and oxygen atoms in total. The number of hydrogen-bond acceptors (Lipinski definition) is 12. The monoisotopic (exact) mass is 646 g/mol. The van der Waals surface area contributed by atoms with Gasteiger partial charge in [0.15, 0.2) is 47.7 Å². The minimum atomic E-state index is -3.89. The first-order chi connectivity index (χ1) is 21.4. The number of phenolic OH excluding ortho intramolecular Hbond substituents is 1. The number of imidazole rings is 1. The summed E-state index contributed by atoms with van der Waals surface area (Å²) in [6.07, 6.45) is 0.494. The quantitative estimate of drug-likeness (QED) is 0.147. The highest BCUT2D eigenvalue weighted by atomic mass is 31.2. The summed E-state index contributed by atoms with van der Waals surface area (Å²) in [7, 11) is -2.53. The Balaban J connectivity index is 0.000000323. The van der Waals surface area contributed by atoms with Gasteiger partial charge in [-0.05, 0) is 37.3 Å². The highest BCUT2D eigenvalue weighted by molar-refractivity contribution is 7.57. The molecule has 0 radical (unpaired) electrons. The maximum Gasteiger partial charge on any atom is 0.342 e. The van der Waals surface area contributed by atoms with Gasteiger partial charge in [-0.3, -0.25) is 13.9 Å². The fourth-order valence-corrected chi connectivity index (χ4v) is 5.53. The molecule has 45 heavy (non-hydrogen) atoms. The molecule has 0 amide bonds. The second-order valence-electron chi connectivity index (χ2n) is 9.25. The van der Waals surface area contributed by atoms with Gasteiger partial charge in [-0.1, -0.05) is 18.2 Å². The number of hydrogen-bond donors (Lipinski definition) is 5. The Morgan fingerprint density at radius 3 is 2.58 bits per heavy atom. The number of carboxylic acids is 2. The molecular weight excluding hydrogens is 618 g/mol. The minimum Gasteiger partial charge on any atom is -0.504 e. The molecule has 1 aliphatic rings. The lowest BCUT2D eigenvalue weighted by Gasteiger charge is -2.24. The van der Waals surface area contributed by atoms with Crippen LogP contribution in [0.2, 0.25) is 0 Å². The molecule has 0 bridgehead atoms. The van der Waals surface area contributed by atoms with Crippen molar-refractivity contribution < 1.29 is 52.6 Å². The summed E-state index contributed by atoms with van der Waals surface area (Å²) in [6, 6.07) is 10.8. The summed E-state index contributed by atoms with van der Waals surface area (Å²) >= 11 is 0. The van der Waals surface area contributed by atoms with Gasteiger partial charge in [0, 0.05) is 6.08 Å². The second-order valence-corrected chi connectivity index (χ2v) is 11.3.